The van der Waals surface area contributed by atoms with Crippen molar-refractivity contribution in [3.8, 4) is 0 Å². The molecular formula is C12H8Cl2FN3O. The molecular weight excluding hydrogens is 292 g/mol. The summed E-state index contributed by atoms with van der Waals surface area (Å²) in [5, 5.41) is 2.54. The monoisotopic (exact) mass is 299 g/mol. The fraction of sp³-hybridized carbons (Fsp3) is 0.0833. The van der Waals surface area contributed by atoms with Crippen LogP contribution in [0.2, 0.25) is 10.3 Å². The molecule has 0 bridgehead atoms. The van der Waals surface area contributed by atoms with E-state index in [1.54, 1.807) is 6.92 Å². The predicted molar refractivity (Wildman–Crippen MR) is 71.1 cm³/mol. The van der Waals surface area contributed by atoms with E-state index >= 15 is 0 Å². The summed E-state index contributed by atoms with van der Waals surface area (Å²) >= 11 is 11.4. The molecule has 0 saturated carbocycles. The topological polar surface area (TPSA) is 54.9 Å². The number of halogens is 3. The highest BCUT2D eigenvalue weighted by Gasteiger charge is 2.15. The maximum atomic E-state index is 13.5. The van der Waals surface area contributed by atoms with Gasteiger partial charge >= 0.3 is 0 Å². The van der Waals surface area contributed by atoms with Gasteiger partial charge in [0.1, 0.15) is 5.82 Å². The van der Waals surface area contributed by atoms with E-state index in [-0.39, 0.29) is 21.6 Å². The van der Waals surface area contributed by atoms with E-state index in [4.69, 9.17) is 23.2 Å². The standard InChI is InChI=1S/C12H8Cl2FN3O/c1-6-7(5-16-12(14)17-6)11(19)18-10-8(13)3-2-4-9(10)15/h2-5H,1H3,(H,18,19). The van der Waals surface area contributed by atoms with Gasteiger partial charge in [-0.3, -0.25) is 4.79 Å². The van der Waals surface area contributed by atoms with Crippen molar-refractivity contribution < 1.29 is 9.18 Å². The van der Waals surface area contributed by atoms with Gasteiger partial charge in [-0.1, -0.05) is 17.7 Å². The fourth-order valence-corrected chi connectivity index (χ4v) is 1.85. The van der Waals surface area contributed by atoms with Crippen LogP contribution in [-0.2, 0) is 0 Å². The molecule has 0 unspecified atom stereocenters. The molecule has 0 atom stereocenters. The molecule has 1 amide bonds. The number of nitrogens with one attached hydrogen (secondary N) is 1. The maximum absolute atomic E-state index is 13.5. The van der Waals surface area contributed by atoms with Crippen molar-refractivity contribution in [2.24, 2.45) is 0 Å². The van der Waals surface area contributed by atoms with E-state index in [2.05, 4.69) is 15.3 Å². The minimum atomic E-state index is -0.617. The zero-order valence-electron chi connectivity index (χ0n) is 9.75. The number of rotatable bonds is 2. The van der Waals surface area contributed by atoms with Crippen LogP contribution in [0.1, 0.15) is 16.1 Å². The number of aromatic nitrogens is 2. The van der Waals surface area contributed by atoms with Crippen molar-refractivity contribution in [2.75, 3.05) is 5.32 Å². The largest absolute Gasteiger partial charge is 0.318 e. The Hall–Kier alpha value is -1.72. The first-order chi connectivity index (χ1) is 8.99. The van der Waals surface area contributed by atoms with Crippen molar-refractivity contribution in [1.29, 1.82) is 0 Å². The first-order valence-corrected chi connectivity index (χ1v) is 5.99. The molecule has 1 aromatic carbocycles. The summed E-state index contributed by atoms with van der Waals surface area (Å²) < 4.78 is 13.5. The number of para-hydroxylation sites is 1. The summed E-state index contributed by atoms with van der Waals surface area (Å²) in [4.78, 5) is 19.6. The predicted octanol–water partition coefficient (Wildman–Crippen LogP) is 3.48. The Balaban J connectivity index is 2.31. The minimum Gasteiger partial charge on any atom is -0.318 e. The Morgan fingerprint density at radius 3 is 2.74 bits per heavy atom. The van der Waals surface area contributed by atoms with Gasteiger partial charge in [0.2, 0.25) is 5.28 Å². The van der Waals surface area contributed by atoms with E-state index in [0.29, 0.717) is 5.69 Å². The highest BCUT2D eigenvalue weighted by atomic mass is 35.5. The third-order valence-electron chi connectivity index (χ3n) is 2.40. The van der Waals surface area contributed by atoms with Crippen LogP contribution in [0, 0.1) is 12.7 Å². The average Bonchev–Trinajstić information content (AvgIpc) is 2.33. The van der Waals surface area contributed by atoms with E-state index in [1.165, 1.54) is 24.4 Å². The molecule has 0 aliphatic rings. The molecule has 0 spiro atoms. The molecule has 0 aliphatic heterocycles. The summed E-state index contributed by atoms with van der Waals surface area (Å²) in [6, 6.07) is 4.13. The van der Waals surface area contributed by atoms with Crippen molar-refractivity contribution >= 4 is 34.8 Å². The Bertz CT molecular complexity index is 629. The van der Waals surface area contributed by atoms with Crippen LogP contribution in [0.15, 0.2) is 24.4 Å². The molecule has 7 heteroatoms. The lowest BCUT2D eigenvalue weighted by atomic mass is 10.2. The molecule has 2 aromatic rings. The van der Waals surface area contributed by atoms with Gasteiger partial charge < -0.3 is 5.32 Å². The van der Waals surface area contributed by atoms with Gasteiger partial charge in [0.25, 0.3) is 5.91 Å². The molecule has 98 valence electrons. The van der Waals surface area contributed by atoms with E-state index < -0.39 is 11.7 Å². The molecule has 0 saturated heterocycles. The smallest absolute Gasteiger partial charge is 0.259 e. The summed E-state index contributed by atoms with van der Waals surface area (Å²) in [7, 11) is 0. The van der Waals surface area contributed by atoms with Crippen LogP contribution in [0.5, 0.6) is 0 Å². The number of hydrogen-bond acceptors (Lipinski definition) is 3. The van der Waals surface area contributed by atoms with Crippen molar-refractivity contribution in [1.82, 2.24) is 9.97 Å². The third-order valence-corrected chi connectivity index (χ3v) is 2.89. The number of benzene rings is 1. The van der Waals surface area contributed by atoms with Gasteiger partial charge in [0.05, 0.1) is 22.0 Å². The Labute approximate surface area is 118 Å². The average molecular weight is 300 g/mol. The fourth-order valence-electron chi connectivity index (χ4n) is 1.46. The molecule has 0 fully saturated rings. The molecule has 0 radical (unpaired) electrons. The van der Waals surface area contributed by atoms with Crippen LogP contribution >= 0.6 is 23.2 Å². The summed E-state index contributed by atoms with van der Waals surface area (Å²) in [6.07, 6.45) is 1.27. The lowest BCUT2D eigenvalue weighted by Gasteiger charge is -2.09. The molecule has 0 aliphatic carbocycles. The van der Waals surface area contributed by atoms with Crippen molar-refractivity contribution in [3.05, 3.63) is 51.8 Å². The van der Waals surface area contributed by atoms with Crippen LogP contribution in [0.25, 0.3) is 0 Å². The lowest BCUT2D eigenvalue weighted by Crippen LogP contribution is -2.16. The van der Waals surface area contributed by atoms with E-state index in [0.717, 1.165) is 0 Å². The molecule has 2 rings (SSSR count). The number of aryl methyl sites for hydroxylation is 1. The lowest BCUT2D eigenvalue weighted by molar-refractivity contribution is 0.102. The van der Waals surface area contributed by atoms with Crippen molar-refractivity contribution in [3.63, 3.8) is 0 Å². The van der Waals surface area contributed by atoms with Crippen LogP contribution in [0.4, 0.5) is 10.1 Å². The van der Waals surface area contributed by atoms with Crippen LogP contribution in [-0.4, -0.2) is 15.9 Å². The van der Waals surface area contributed by atoms with E-state index in [1.807, 2.05) is 0 Å². The summed E-state index contributed by atoms with van der Waals surface area (Å²) in [5.41, 5.74) is 0.511. The van der Waals surface area contributed by atoms with E-state index in [9.17, 15) is 9.18 Å². The van der Waals surface area contributed by atoms with Gasteiger partial charge in [-0.25, -0.2) is 14.4 Å². The first kappa shape index (κ1) is 13.7. The Morgan fingerprint density at radius 1 is 1.37 bits per heavy atom. The second kappa shape index (κ2) is 5.50. The van der Waals surface area contributed by atoms with Gasteiger partial charge in [0.15, 0.2) is 0 Å². The first-order valence-electron chi connectivity index (χ1n) is 5.23. The van der Waals surface area contributed by atoms with Gasteiger partial charge in [-0.05, 0) is 30.7 Å². The number of amides is 1. The summed E-state index contributed by atoms with van der Waals surface area (Å²) in [5.74, 6) is -1.17. The summed E-state index contributed by atoms with van der Waals surface area (Å²) in [6.45, 7) is 1.60. The maximum Gasteiger partial charge on any atom is 0.259 e. The Morgan fingerprint density at radius 2 is 2.11 bits per heavy atom. The number of nitrogens with zero attached hydrogens (tertiary/aromatic N) is 2. The molecule has 1 aromatic heterocycles. The number of carbonyl (C=O) groups excluding carboxylic acids is 1. The van der Waals surface area contributed by atoms with Crippen LogP contribution < -0.4 is 5.32 Å². The van der Waals surface area contributed by atoms with Crippen molar-refractivity contribution in [2.45, 2.75) is 6.92 Å². The molecule has 19 heavy (non-hydrogen) atoms. The molecule has 4 nitrogen and oxygen atoms in total. The number of hydrogen-bond donors (Lipinski definition) is 1. The van der Waals surface area contributed by atoms with Crippen LogP contribution in [0.3, 0.4) is 0 Å². The third kappa shape index (κ3) is 3.00. The second-order valence-electron chi connectivity index (χ2n) is 3.69. The normalized spacial score (nSPS) is 10.3. The quantitative estimate of drug-likeness (QED) is 0.864. The van der Waals surface area contributed by atoms with Gasteiger partial charge in [0, 0.05) is 6.20 Å². The number of carbonyl (C=O) groups is 1. The minimum absolute atomic E-state index is 0.0398. The second-order valence-corrected chi connectivity index (χ2v) is 4.43. The van der Waals surface area contributed by atoms with Gasteiger partial charge in [-0.15, -0.1) is 0 Å². The highest BCUT2D eigenvalue weighted by molar-refractivity contribution is 6.34. The van der Waals surface area contributed by atoms with Gasteiger partial charge in [-0.2, -0.15) is 0 Å². The molecule has 1 N–H and O–H groups in total. The SMILES string of the molecule is Cc1nc(Cl)ncc1C(=O)Nc1c(F)cccc1Cl. The molecule has 1 heterocycles. The number of anilines is 1. The highest BCUT2D eigenvalue weighted by Crippen LogP contribution is 2.25. The zero-order valence-corrected chi connectivity index (χ0v) is 11.3. The Kier molecular flexibility index (Phi) is 3.97. The zero-order chi connectivity index (χ0) is 14.0.